The standard InChI is InChI=1S/C13H20BrN/c1-12(6-5-9-14)10-15-11-13-7-3-2-4-8-13/h2-4,7-8,12,15H,5-6,9-11H2,1H3. The molecule has 0 aliphatic rings. The van der Waals surface area contributed by atoms with Crippen molar-refractivity contribution >= 4 is 15.9 Å². The first-order valence-corrected chi connectivity index (χ1v) is 6.75. The van der Waals surface area contributed by atoms with E-state index in [0.717, 1.165) is 24.3 Å². The number of rotatable bonds is 7. The monoisotopic (exact) mass is 269 g/mol. The second kappa shape index (κ2) is 7.89. The topological polar surface area (TPSA) is 12.0 Å². The van der Waals surface area contributed by atoms with Crippen molar-refractivity contribution in [1.29, 1.82) is 0 Å². The fraction of sp³-hybridized carbons (Fsp3) is 0.538. The van der Waals surface area contributed by atoms with Gasteiger partial charge in [0.1, 0.15) is 0 Å². The van der Waals surface area contributed by atoms with Crippen molar-refractivity contribution in [3.8, 4) is 0 Å². The molecule has 0 bridgehead atoms. The predicted molar refractivity (Wildman–Crippen MR) is 70.3 cm³/mol. The largest absolute Gasteiger partial charge is 0.312 e. The van der Waals surface area contributed by atoms with E-state index in [1.807, 2.05) is 0 Å². The average molecular weight is 270 g/mol. The molecule has 0 saturated heterocycles. The molecule has 0 spiro atoms. The molecule has 1 atom stereocenters. The van der Waals surface area contributed by atoms with E-state index in [-0.39, 0.29) is 0 Å². The van der Waals surface area contributed by atoms with Crippen LogP contribution in [0.2, 0.25) is 0 Å². The first kappa shape index (κ1) is 12.7. The van der Waals surface area contributed by atoms with Crippen LogP contribution in [0.1, 0.15) is 25.3 Å². The molecule has 0 saturated carbocycles. The molecule has 0 heterocycles. The van der Waals surface area contributed by atoms with E-state index in [1.54, 1.807) is 0 Å². The van der Waals surface area contributed by atoms with Crippen LogP contribution in [0.25, 0.3) is 0 Å². The van der Waals surface area contributed by atoms with Gasteiger partial charge in [0.2, 0.25) is 0 Å². The van der Waals surface area contributed by atoms with Crippen LogP contribution in [0.4, 0.5) is 0 Å². The van der Waals surface area contributed by atoms with Gasteiger partial charge in [-0.05, 0) is 30.9 Å². The summed E-state index contributed by atoms with van der Waals surface area (Å²) in [4.78, 5) is 0. The average Bonchev–Trinajstić information content (AvgIpc) is 2.28. The normalized spacial score (nSPS) is 12.7. The smallest absolute Gasteiger partial charge is 0.0205 e. The first-order chi connectivity index (χ1) is 7.33. The Kier molecular flexibility index (Phi) is 6.69. The van der Waals surface area contributed by atoms with Gasteiger partial charge in [0.05, 0.1) is 0 Å². The summed E-state index contributed by atoms with van der Waals surface area (Å²) < 4.78 is 0. The lowest BCUT2D eigenvalue weighted by molar-refractivity contribution is 0.478. The highest BCUT2D eigenvalue weighted by Crippen LogP contribution is 2.06. The third-order valence-electron chi connectivity index (χ3n) is 2.50. The summed E-state index contributed by atoms with van der Waals surface area (Å²) in [6.45, 7) is 4.40. The second-order valence-electron chi connectivity index (χ2n) is 4.05. The van der Waals surface area contributed by atoms with Gasteiger partial charge in [0, 0.05) is 11.9 Å². The highest BCUT2D eigenvalue weighted by molar-refractivity contribution is 9.09. The van der Waals surface area contributed by atoms with Crippen molar-refractivity contribution in [3.05, 3.63) is 35.9 Å². The van der Waals surface area contributed by atoms with Gasteiger partial charge < -0.3 is 5.32 Å². The lowest BCUT2D eigenvalue weighted by Crippen LogP contribution is -2.20. The fourth-order valence-corrected chi connectivity index (χ4v) is 1.91. The summed E-state index contributed by atoms with van der Waals surface area (Å²) in [7, 11) is 0. The Hall–Kier alpha value is -0.340. The highest BCUT2D eigenvalue weighted by Gasteiger charge is 2.00. The summed E-state index contributed by atoms with van der Waals surface area (Å²) in [5.41, 5.74) is 1.37. The molecule has 0 fully saturated rings. The van der Waals surface area contributed by atoms with Crippen molar-refractivity contribution in [2.24, 2.45) is 5.92 Å². The SMILES string of the molecule is CC(CCCBr)CNCc1ccccc1. The molecule has 0 aliphatic carbocycles. The Morgan fingerprint density at radius 1 is 1.27 bits per heavy atom. The third kappa shape index (κ3) is 5.95. The Bertz CT molecular complexity index is 248. The number of hydrogen-bond donors (Lipinski definition) is 1. The lowest BCUT2D eigenvalue weighted by atomic mass is 10.1. The number of alkyl halides is 1. The van der Waals surface area contributed by atoms with Crippen molar-refractivity contribution < 1.29 is 0 Å². The third-order valence-corrected chi connectivity index (χ3v) is 3.06. The summed E-state index contributed by atoms with van der Waals surface area (Å²) in [6, 6.07) is 10.6. The quantitative estimate of drug-likeness (QED) is 0.747. The molecule has 0 aromatic heterocycles. The molecule has 15 heavy (non-hydrogen) atoms. The van der Waals surface area contributed by atoms with E-state index < -0.39 is 0 Å². The number of halogens is 1. The molecular weight excluding hydrogens is 250 g/mol. The van der Waals surface area contributed by atoms with Crippen LogP contribution in [0.15, 0.2) is 30.3 Å². The van der Waals surface area contributed by atoms with Crippen LogP contribution in [0, 0.1) is 5.92 Å². The van der Waals surface area contributed by atoms with Gasteiger partial charge in [-0.1, -0.05) is 53.2 Å². The molecule has 1 rings (SSSR count). The minimum Gasteiger partial charge on any atom is -0.312 e. The second-order valence-corrected chi connectivity index (χ2v) is 4.85. The molecule has 84 valence electrons. The van der Waals surface area contributed by atoms with Gasteiger partial charge >= 0.3 is 0 Å². The van der Waals surface area contributed by atoms with E-state index in [4.69, 9.17) is 0 Å². The highest BCUT2D eigenvalue weighted by atomic mass is 79.9. The molecule has 1 aromatic rings. The van der Waals surface area contributed by atoms with Crippen LogP contribution in [-0.2, 0) is 6.54 Å². The molecular formula is C13H20BrN. The van der Waals surface area contributed by atoms with Crippen LogP contribution >= 0.6 is 15.9 Å². The molecule has 0 radical (unpaired) electrons. The van der Waals surface area contributed by atoms with Crippen molar-refractivity contribution in [2.45, 2.75) is 26.3 Å². The van der Waals surface area contributed by atoms with Gasteiger partial charge in [-0.15, -0.1) is 0 Å². The maximum atomic E-state index is 3.50. The number of hydrogen-bond acceptors (Lipinski definition) is 1. The molecule has 0 aliphatic heterocycles. The predicted octanol–water partition coefficient (Wildman–Crippen LogP) is 3.59. The molecule has 2 heteroatoms. The van der Waals surface area contributed by atoms with E-state index in [1.165, 1.54) is 18.4 Å². The van der Waals surface area contributed by atoms with Crippen molar-refractivity contribution in [3.63, 3.8) is 0 Å². The minimum atomic E-state index is 0.770. The van der Waals surface area contributed by atoms with E-state index in [9.17, 15) is 0 Å². The molecule has 1 unspecified atom stereocenters. The Balaban J connectivity index is 2.11. The minimum absolute atomic E-state index is 0.770. The maximum Gasteiger partial charge on any atom is 0.0205 e. The summed E-state index contributed by atoms with van der Waals surface area (Å²) in [5.74, 6) is 0.770. The fourth-order valence-electron chi connectivity index (χ4n) is 1.59. The van der Waals surface area contributed by atoms with E-state index >= 15 is 0 Å². The summed E-state index contributed by atoms with van der Waals surface area (Å²) >= 11 is 3.46. The van der Waals surface area contributed by atoms with Crippen LogP contribution < -0.4 is 5.32 Å². The lowest BCUT2D eigenvalue weighted by Gasteiger charge is -2.11. The zero-order valence-corrected chi connectivity index (χ0v) is 11.0. The summed E-state index contributed by atoms with van der Waals surface area (Å²) in [6.07, 6.45) is 2.57. The van der Waals surface area contributed by atoms with Gasteiger partial charge in [0.25, 0.3) is 0 Å². The first-order valence-electron chi connectivity index (χ1n) is 5.63. The number of nitrogens with one attached hydrogen (secondary N) is 1. The van der Waals surface area contributed by atoms with Gasteiger partial charge in [0.15, 0.2) is 0 Å². The molecule has 1 nitrogen and oxygen atoms in total. The van der Waals surface area contributed by atoms with Crippen LogP contribution in [0.5, 0.6) is 0 Å². The van der Waals surface area contributed by atoms with E-state index in [2.05, 4.69) is 58.5 Å². The van der Waals surface area contributed by atoms with Gasteiger partial charge in [-0.25, -0.2) is 0 Å². The zero-order valence-electron chi connectivity index (χ0n) is 9.38. The summed E-state index contributed by atoms with van der Waals surface area (Å²) in [5, 5.41) is 4.62. The maximum absolute atomic E-state index is 3.50. The van der Waals surface area contributed by atoms with Gasteiger partial charge in [-0.2, -0.15) is 0 Å². The Morgan fingerprint density at radius 2 is 2.00 bits per heavy atom. The van der Waals surface area contributed by atoms with Crippen molar-refractivity contribution in [1.82, 2.24) is 5.32 Å². The van der Waals surface area contributed by atoms with Crippen LogP contribution in [-0.4, -0.2) is 11.9 Å². The molecule has 1 N–H and O–H groups in total. The van der Waals surface area contributed by atoms with Crippen molar-refractivity contribution in [2.75, 3.05) is 11.9 Å². The number of benzene rings is 1. The zero-order chi connectivity index (χ0) is 10.9. The molecule has 1 aromatic carbocycles. The van der Waals surface area contributed by atoms with Gasteiger partial charge in [-0.3, -0.25) is 0 Å². The Morgan fingerprint density at radius 3 is 2.67 bits per heavy atom. The Labute approximate surface area is 101 Å². The molecule has 0 amide bonds. The van der Waals surface area contributed by atoms with Crippen LogP contribution in [0.3, 0.4) is 0 Å². The van der Waals surface area contributed by atoms with E-state index in [0.29, 0.717) is 0 Å².